The van der Waals surface area contributed by atoms with Crippen LogP contribution in [0.15, 0.2) is 75.6 Å². The second-order valence-corrected chi connectivity index (χ2v) is 8.24. The summed E-state index contributed by atoms with van der Waals surface area (Å²) in [6.07, 6.45) is 3.27. The van der Waals surface area contributed by atoms with Gasteiger partial charge < -0.3 is 5.32 Å². The number of fused-ring (bicyclic) bond motifs is 1. The van der Waals surface area contributed by atoms with Gasteiger partial charge in [-0.1, -0.05) is 43.7 Å². The summed E-state index contributed by atoms with van der Waals surface area (Å²) in [4.78, 5) is 38.8. The van der Waals surface area contributed by atoms with Crippen LogP contribution >= 0.6 is 11.3 Å². The first kappa shape index (κ1) is 20.8. The molecule has 2 aromatic heterocycles. The number of aryl methyl sites for hydroxylation is 1. The lowest BCUT2D eigenvalue weighted by Crippen LogP contribution is -2.40. The highest BCUT2D eigenvalue weighted by Crippen LogP contribution is 2.17. The van der Waals surface area contributed by atoms with Crippen LogP contribution in [0.25, 0.3) is 15.9 Å². The van der Waals surface area contributed by atoms with E-state index in [2.05, 4.69) is 12.2 Å². The third-order valence-corrected chi connectivity index (χ3v) is 6.02. The molecule has 4 rings (SSSR count). The van der Waals surface area contributed by atoms with Crippen LogP contribution in [0.2, 0.25) is 0 Å². The Kier molecular flexibility index (Phi) is 6.13. The lowest BCUT2D eigenvalue weighted by atomic mass is 10.1. The second-order valence-electron chi connectivity index (χ2n) is 7.33. The summed E-state index contributed by atoms with van der Waals surface area (Å²) in [6.45, 7) is 1.97. The first-order valence-corrected chi connectivity index (χ1v) is 11.1. The van der Waals surface area contributed by atoms with Gasteiger partial charge in [-0.2, -0.15) is 0 Å². The van der Waals surface area contributed by atoms with Crippen LogP contribution in [0.5, 0.6) is 0 Å². The van der Waals surface area contributed by atoms with Crippen molar-refractivity contribution in [1.82, 2.24) is 9.13 Å². The van der Waals surface area contributed by atoms with Gasteiger partial charge in [-0.3, -0.25) is 14.2 Å². The van der Waals surface area contributed by atoms with Crippen molar-refractivity contribution >= 4 is 33.1 Å². The number of unbranched alkanes of at least 4 members (excludes halogenated alkanes) is 1. The van der Waals surface area contributed by atoms with E-state index in [0.717, 1.165) is 23.8 Å². The molecule has 0 unspecified atom stereocenters. The van der Waals surface area contributed by atoms with Crippen molar-refractivity contribution in [2.24, 2.45) is 0 Å². The quantitative estimate of drug-likeness (QED) is 0.475. The predicted octanol–water partition coefficient (Wildman–Crippen LogP) is 4.20. The Hall–Kier alpha value is -3.45. The van der Waals surface area contributed by atoms with Crippen LogP contribution in [-0.4, -0.2) is 15.0 Å². The summed E-state index contributed by atoms with van der Waals surface area (Å²) < 4.78 is 2.91. The zero-order valence-corrected chi connectivity index (χ0v) is 18.0. The van der Waals surface area contributed by atoms with Crippen LogP contribution in [-0.2, 0) is 17.8 Å². The molecule has 0 bridgehead atoms. The third kappa shape index (κ3) is 4.36. The molecule has 0 saturated carbocycles. The minimum atomic E-state index is -0.535. The highest BCUT2D eigenvalue weighted by Gasteiger charge is 2.17. The Balaban J connectivity index is 1.64. The number of aromatic nitrogens is 2. The number of anilines is 1. The minimum absolute atomic E-state index is 0.184. The molecule has 0 radical (unpaired) electrons. The number of carbonyl (C=O) groups is 1. The Morgan fingerprint density at radius 1 is 1.00 bits per heavy atom. The number of para-hydroxylation sites is 1. The summed E-state index contributed by atoms with van der Waals surface area (Å²) >= 11 is 1.26. The van der Waals surface area contributed by atoms with Crippen molar-refractivity contribution in [2.45, 2.75) is 32.7 Å². The van der Waals surface area contributed by atoms with E-state index in [9.17, 15) is 14.4 Å². The molecule has 0 fully saturated rings. The zero-order valence-electron chi connectivity index (χ0n) is 17.2. The molecule has 0 atom stereocenters. The van der Waals surface area contributed by atoms with Gasteiger partial charge in [-0.25, -0.2) is 9.36 Å². The standard InChI is InChI=1S/C24H23N3O3S/c1-2-3-7-17-10-12-18(13-11-17)25-21(28)16-26-20-14-15-31-22(20)23(29)27(24(26)30)19-8-5-4-6-9-19/h4-6,8-15H,2-3,7,16H2,1H3,(H,25,28). The van der Waals surface area contributed by atoms with Crippen molar-refractivity contribution < 1.29 is 4.79 Å². The maximum Gasteiger partial charge on any atom is 0.336 e. The van der Waals surface area contributed by atoms with Gasteiger partial charge in [-0.15, -0.1) is 11.3 Å². The van der Waals surface area contributed by atoms with Crippen LogP contribution in [0, 0.1) is 0 Å². The smallest absolute Gasteiger partial charge is 0.325 e. The van der Waals surface area contributed by atoms with Gasteiger partial charge in [0.2, 0.25) is 5.91 Å². The molecule has 7 heteroatoms. The van der Waals surface area contributed by atoms with E-state index in [0.29, 0.717) is 21.6 Å². The molecule has 0 aliphatic carbocycles. The number of amides is 1. The summed E-state index contributed by atoms with van der Waals surface area (Å²) in [6, 6.07) is 18.2. The van der Waals surface area contributed by atoms with E-state index in [4.69, 9.17) is 0 Å². The third-order valence-electron chi connectivity index (χ3n) is 5.13. The van der Waals surface area contributed by atoms with Crippen molar-refractivity contribution in [1.29, 1.82) is 0 Å². The fourth-order valence-corrected chi connectivity index (χ4v) is 4.35. The predicted molar refractivity (Wildman–Crippen MR) is 125 cm³/mol. The molecule has 2 aromatic carbocycles. The molecule has 0 saturated heterocycles. The average molecular weight is 434 g/mol. The molecule has 0 spiro atoms. The van der Waals surface area contributed by atoms with Gasteiger partial charge in [0.05, 0.1) is 11.2 Å². The number of nitrogens with zero attached hydrogens (tertiary/aromatic N) is 2. The highest BCUT2D eigenvalue weighted by molar-refractivity contribution is 7.17. The van der Waals surface area contributed by atoms with Gasteiger partial charge in [0.25, 0.3) is 5.56 Å². The van der Waals surface area contributed by atoms with Crippen molar-refractivity contribution in [3.63, 3.8) is 0 Å². The Morgan fingerprint density at radius 2 is 1.74 bits per heavy atom. The largest absolute Gasteiger partial charge is 0.336 e. The summed E-state index contributed by atoms with van der Waals surface area (Å²) in [7, 11) is 0. The lowest BCUT2D eigenvalue weighted by Gasteiger charge is -2.12. The van der Waals surface area contributed by atoms with Gasteiger partial charge in [0, 0.05) is 5.69 Å². The van der Waals surface area contributed by atoms with E-state index < -0.39 is 5.69 Å². The number of benzene rings is 2. The molecule has 1 amide bonds. The number of hydrogen-bond donors (Lipinski definition) is 1. The minimum Gasteiger partial charge on any atom is -0.325 e. The Morgan fingerprint density at radius 3 is 2.45 bits per heavy atom. The van der Waals surface area contributed by atoms with Crippen molar-refractivity contribution in [3.05, 3.63) is 92.4 Å². The first-order chi connectivity index (χ1) is 15.1. The number of hydrogen-bond acceptors (Lipinski definition) is 4. The summed E-state index contributed by atoms with van der Waals surface area (Å²) in [5.41, 5.74) is 1.94. The van der Waals surface area contributed by atoms with Gasteiger partial charge in [0.15, 0.2) is 0 Å². The summed E-state index contributed by atoms with van der Waals surface area (Å²) in [5, 5.41) is 4.60. The fourth-order valence-electron chi connectivity index (χ4n) is 3.52. The van der Waals surface area contributed by atoms with Gasteiger partial charge >= 0.3 is 5.69 Å². The molecule has 4 aromatic rings. The van der Waals surface area contributed by atoms with Crippen LogP contribution in [0.1, 0.15) is 25.3 Å². The van der Waals surface area contributed by atoms with Gasteiger partial charge in [0.1, 0.15) is 11.2 Å². The molecule has 2 heterocycles. The molecule has 1 N–H and O–H groups in total. The highest BCUT2D eigenvalue weighted by atomic mass is 32.1. The normalized spacial score (nSPS) is 11.0. The number of carbonyl (C=O) groups excluding carboxylic acids is 1. The van der Waals surface area contributed by atoms with E-state index in [-0.39, 0.29) is 18.0 Å². The second kappa shape index (κ2) is 9.14. The van der Waals surface area contributed by atoms with Crippen LogP contribution in [0.4, 0.5) is 5.69 Å². The number of rotatable bonds is 7. The molecular weight excluding hydrogens is 410 g/mol. The van der Waals surface area contributed by atoms with E-state index in [1.54, 1.807) is 35.7 Å². The van der Waals surface area contributed by atoms with Crippen molar-refractivity contribution in [3.8, 4) is 5.69 Å². The van der Waals surface area contributed by atoms with Crippen LogP contribution < -0.4 is 16.6 Å². The Bertz CT molecular complexity index is 1320. The molecular formula is C24H23N3O3S. The first-order valence-electron chi connectivity index (χ1n) is 10.3. The maximum absolute atomic E-state index is 13.2. The lowest BCUT2D eigenvalue weighted by molar-refractivity contribution is -0.116. The topological polar surface area (TPSA) is 73.1 Å². The SMILES string of the molecule is CCCCc1ccc(NC(=O)Cn2c(=O)n(-c3ccccc3)c(=O)c3sccc32)cc1. The van der Waals surface area contributed by atoms with Crippen molar-refractivity contribution in [2.75, 3.05) is 5.32 Å². The molecule has 6 nitrogen and oxygen atoms in total. The molecule has 0 aliphatic rings. The van der Waals surface area contributed by atoms with E-state index >= 15 is 0 Å². The van der Waals surface area contributed by atoms with Gasteiger partial charge in [-0.05, 0) is 54.1 Å². The van der Waals surface area contributed by atoms with E-state index in [1.165, 1.54) is 21.5 Å². The molecule has 0 aliphatic heterocycles. The number of thiophene rings is 1. The maximum atomic E-state index is 13.2. The molecule has 31 heavy (non-hydrogen) atoms. The number of nitrogens with one attached hydrogen (secondary N) is 1. The fraction of sp³-hybridized carbons (Fsp3) is 0.208. The zero-order chi connectivity index (χ0) is 21.8. The molecule has 158 valence electrons. The summed E-state index contributed by atoms with van der Waals surface area (Å²) in [5.74, 6) is -0.325. The Labute approximate surface area is 183 Å². The van der Waals surface area contributed by atoms with E-state index in [1.807, 2.05) is 30.3 Å². The monoisotopic (exact) mass is 433 g/mol. The average Bonchev–Trinajstić information content (AvgIpc) is 3.27. The van der Waals surface area contributed by atoms with Crippen LogP contribution in [0.3, 0.4) is 0 Å².